The van der Waals surface area contributed by atoms with Crippen molar-refractivity contribution in [3.63, 3.8) is 0 Å². The molecule has 0 unspecified atom stereocenters. The SMILES string of the molecule is CC(C)C(=O)Nc1cccc(CNC(=O)OC(C)(C)C)c1. The Morgan fingerprint density at radius 3 is 2.48 bits per heavy atom. The van der Waals surface area contributed by atoms with Gasteiger partial charge in [0.05, 0.1) is 0 Å². The quantitative estimate of drug-likeness (QED) is 0.894. The predicted molar refractivity (Wildman–Crippen MR) is 83.0 cm³/mol. The number of ether oxygens (including phenoxy) is 1. The molecule has 0 aliphatic carbocycles. The minimum atomic E-state index is -0.517. The van der Waals surface area contributed by atoms with Gasteiger partial charge in [0.25, 0.3) is 0 Å². The van der Waals surface area contributed by atoms with E-state index in [2.05, 4.69) is 10.6 Å². The van der Waals surface area contributed by atoms with Crippen molar-refractivity contribution in [2.45, 2.75) is 46.8 Å². The molecular weight excluding hydrogens is 268 g/mol. The van der Waals surface area contributed by atoms with Crippen LogP contribution in [0.1, 0.15) is 40.2 Å². The van der Waals surface area contributed by atoms with Crippen LogP contribution in [-0.4, -0.2) is 17.6 Å². The Bertz CT molecular complexity index is 504. The summed E-state index contributed by atoms with van der Waals surface area (Å²) in [5, 5.41) is 5.51. The number of benzene rings is 1. The van der Waals surface area contributed by atoms with Crippen LogP contribution in [0.15, 0.2) is 24.3 Å². The lowest BCUT2D eigenvalue weighted by Gasteiger charge is -2.19. The van der Waals surface area contributed by atoms with E-state index >= 15 is 0 Å². The molecule has 0 aliphatic rings. The molecule has 5 heteroatoms. The number of carbonyl (C=O) groups is 2. The summed E-state index contributed by atoms with van der Waals surface area (Å²) < 4.78 is 5.17. The first kappa shape index (κ1) is 17.0. The molecule has 0 radical (unpaired) electrons. The number of amides is 2. The van der Waals surface area contributed by atoms with Gasteiger partial charge in [-0.2, -0.15) is 0 Å². The highest BCUT2D eigenvalue weighted by Gasteiger charge is 2.15. The van der Waals surface area contributed by atoms with Gasteiger partial charge in [-0.1, -0.05) is 26.0 Å². The summed E-state index contributed by atoms with van der Waals surface area (Å²) in [5.41, 5.74) is 1.09. The van der Waals surface area contributed by atoms with Crippen molar-refractivity contribution < 1.29 is 14.3 Å². The van der Waals surface area contributed by atoms with Gasteiger partial charge >= 0.3 is 6.09 Å². The van der Waals surface area contributed by atoms with Crippen molar-refractivity contribution in [1.29, 1.82) is 0 Å². The third-order valence-electron chi connectivity index (χ3n) is 2.55. The maximum atomic E-state index is 11.6. The third-order valence-corrected chi connectivity index (χ3v) is 2.55. The van der Waals surface area contributed by atoms with Crippen LogP contribution in [0.25, 0.3) is 0 Å². The summed E-state index contributed by atoms with van der Waals surface area (Å²) in [5.74, 6) is -0.110. The molecule has 0 aliphatic heterocycles. The van der Waals surface area contributed by atoms with E-state index in [-0.39, 0.29) is 11.8 Å². The number of hydrogen-bond donors (Lipinski definition) is 2. The topological polar surface area (TPSA) is 67.4 Å². The molecule has 0 heterocycles. The molecule has 1 rings (SSSR count). The second-order valence-electron chi connectivity index (χ2n) is 6.20. The van der Waals surface area contributed by atoms with Crippen molar-refractivity contribution in [2.75, 3.05) is 5.32 Å². The van der Waals surface area contributed by atoms with Gasteiger partial charge in [-0.05, 0) is 38.5 Å². The number of alkyl carbamates (subject to hydrolysis) is 1. The zero-order valence-electron chi connectivity index (χ0n) is 13.3. The second-order valence-corrected chi connectivity index (χ2v) is 6.20. The lowest BCUT2D eigenvalue weighted by molar-refractivity contribution is -0.118. The summed E-state index contributed by atoms with van der Waals surface area (Å²) in [4.78, 5) is 23.2. The third kappa shape index (κ3) is 6.79. The lowest BCUT2D eigenvalue weighted by Crippen LogP contribution is -2.32. The van der Waals surface area contributed by atoms with E-state index in [0.29, 0.717) is 6.54 Å². The van der Waals surface area contributed by atoms with Crippen molar-refractivity contribution in [2.24, 2.45) is 5.92 Å². The van der Waals surface area contributed by atoms with E-state index < -0.39 is 11.7 Å². The van der Waals surface area contributed by atoms with Crippen LogP contribution in [-0.2, 0) is 16.1 Å². The van der Waals surface area contributed by atoms with E-state index in [1.807, 2.05) is 58.9 Å². The molecule has 0 fully saturated rings. The van der Waals surface area contributed by atoms with Gasteiger partial charge in [-0.15, -0.1) is 0 Å². The van der Waals surface area contributed by atoms with Gasteiger partial charge in [-0.25, -0.2) is 4.79 Å². The molecule has 0 bridgehead atoms. The fourth-order valence-corrected chi connectivity index (χ4v) is 1.53. The Labute approximate surface area is 126 Å². The summed E-state index contributed by atoms with van der Waals surface area (Å²) in [7, 11) is 0. The van der Waals surface area contributed by atoms with Gasteiger partial charge in [0, 0.05) is 18.2 Å². The first-order valence-electron chi connectivity index (χ1n) is 7.04. The van der Waals surface area contributed by atoms with Gasteiger partial charge in [0.2, 0.25) is 5.91 Å². The van der Waals surface area contributed by atoms with Crippen LogP contribution in [0.2, 0.25) is 0 Å². The van der Waals surface area contributed by atoms with E-state index in [1.54, 1.807) is 0 Å². The Morgan fingerprint density at radius 2 is 1.90 bits per heavy atom. The van der Waals surface area contributed by atoms with Gasteiger partial charge in [0.15, 0.2) is 0 Å². The van der Waals surface area contributed by atoms with Gasteiger partial charge in [-0.3, -0.25) is 4.79 Å². The first-order chi connectivity index (χ1) is 9.67. The largest absolute Gasteiger partial charge is 0.444 e. The number of anilines is 1. The molecule has 5 nitrogen and oxygen atoms in total. The molecule has 0 aromatic heterocycles. The highest BCUT2D eigenvalue weighted by molar-refractivity contribution is 5.92. The summed E-state index contributed by atoms with van der Waals surface area (Å²) in [6, 6.07) is 7.36. The molecule has 0 saturated carbocycles. The molecule has 116 valence electrons. The zero-order chi connectivity index (χ0) is 16.0. The zero-order valence-corrected chi connectivity index (χ0v) is 13.3. The Kier molecular flexibility index (Phi) is 5.76. The minimum Gasteiger partial charge on any atom is -0.444 e. The number of hydrogen-bond acceptors (Lipinski definition) is 3. The molecule has 0 spiro atoms. The van der Waals surface area contributed by atoms with E-state index in [4.69, 9.17) is 4.74 Å². The second kappa shape index (κ2) is 7.11. The van der Waals surface area contributed by atoms with Crippen LogP contribution in [0.4, 0.5) is 10.5 Å². The minimum absolute atomic E-state index is 0.0350. The fourth-order valence-electron chi connectivity index (χ4n) is 1.53. The Hall–Kier alpha value is -2.04. The smallest absolute Gasteiger partial charge is 0.407 e. The summed E-state index contributed by atoms with van der Waals surface area (Å²) in [6.45, 7) is 9.46. The molecule has 1 aromatic carbocycles. The standard InChI is InChI=1S/C16H24N2O3/c1-11(2)14(19)18-13-8-6-7-12(9-13)10-17-15(20)21-16(3,4)5/h6-9,11H,10H2,1-5H3,(H,17,20)(H,18,19). The van der Waals surface area contributed by atoms with Crippen molar-refractivity contribution in [3.05, 3.63) is 29.8 Å². The maximum absolute atomic E-state index is 11.6. The Balaban J connectivity index is 2.57. The van der Waals surface area contributed by atoms with E-state index in [0.717, 1.165) is 11.3 Å². The van der Waals surface area contributed by atoms with Crippen LogP contribution in [0.3, 0.4) is 0 Å². The number of rotatable bonds is 4. The van der Waals surface area contributed by atoms with Crippen molar-refractivity contribution >= 4 is 17.7 Å². The van der Waals surface area contributed by atoms with Crippen molar-refractivity contribution in [1.82, 2.24) is 5.32 Å². The monoisotopic (exact) mass is 292 g/mol. The molecule has 21 heavy (non-hydrogen) atoms. The molecule has 1 aromatic rings. The highest BCUT2D eigenvalue weighted by atomic mass is 16.6. The van der Waals surface area contributed by atoms with Crippen LogP contribution >= 0.6 is 0 Å². The molecule has 2 amide bonds. The maximum Gasteiger partial charge on any atom is 0.407 e. The van der Waals surface area contributed by atoms with Gasteiger partial charge in [0.1, 0.15) is 5.60 Å². The summed E-state index contributed by atoms with van der Waals surface area (Å²) in [6.07, 6.45) is -0.459. The molecule has 0 atom stereocenters. The average Bonchev–Trinajstić information content (AvgIpc) is 2.34. The number of carbonyl (C=O) groups excluding carboxylic acids is 2. The lowest BCUT2D eigenvalue weighted by atomic mass is 10.1. The highest BCUT2D eigenvalue weighted by Crippen LogP contribution is 2.12. The van der Waals surface area contributed by atoms with E-state index in [1.165, 1.54) is 0 Å². The predicted octanol–water partition coefficient (Wildman–Crippen LogP) is 3.31. The van der Waals surface area contributed by atoms with Crippen molar-refractivity contribution in [3.8, 4) is 0 Å². The fraction of sp³-hybridized carbons (Fsp3) is 0.500. The van der Waals surface area contributed by atoms with E-state index in [9.17, 15) is 9.59 Å². The molecular formula is C16H24N2O3. The first-order valence-corrected chi connectivity index (χ1v) is 7.04. The number of nitrogens with one attached hydrogen (secondary N) is 2. The normalized spacial score (nSPS) is 11.1. The average molecular weight is 292 g/mol. The molecule has 2 N–H and O–H groups in total. The van der Waals surface area contributed by atoms with Crippen LogP contribution in [0, 0.1) is 5.92 Å². The molecule has 0 saturated heterocycles. The summed E-state index contributed by atoms with van der Waals surface area (Å²) >= 11 is 0. The van der Waals surface area contributed by atoms with Gasteiger partial charge < -0.3 is 15.4 Å². The Morgan fingerprint density at radius 1 is 1.24 bits per heavy atom. The van der Waals surface area contributed by atoms with Crippen LogP contribution in [0.5, 0.6) is 0 Å². The van der Waals surface area contributed by atoms with Crippen LogP contribution < -0.4 is 10.6 Å².